The lowest BCUT2D eigenvalue weighted by molar-refractivity contribution is 0.0933. The van der Waals surface area contributed by atoms with Crippen LogP contribution >= 0.6 is 0 Å². The molecule has 0 unspecified atom stereocenters. The summed E-state index contributed by atoms with van der Waals surface area (Å²) < 4.78 is 12.9. The van der Waals surface area contributed by atoms with E-state index in [0.29, 0.717) is 24.1 Å². The van der Waals surface area contributed by atoms with E-state index in [-0.39, 0.29) is 23.7 Å². The van der Waals surface area contributed by atoms with E-state index in [2.05, 4.69) is 15.6 Å². The third-order valence-corrected chi connectivity index (χ3v) is 5.07. The summed E-state index contributed by atoms with van der Waals surface area (Å²) in [6, 6.07) is 7.97. The first kappa shape index (κ1) is 20.0. The Balaban J connectivity index is 1.53. The van der Waals surface area contributed by atoms with E-state index in [0.717, 1.165) is 31.2 Å². The van der Waals surface area contributed by atoms with Crippen molar-refractivity contribution in [3.63, 3.8) is 0 Å². The summed E-state index contributed by atoms with van der Waals surface area (Å²) in [5.74, 6) is -0.739. The number of carbonyl (C=O) groups excluding carboxylic acids is 2. The lowest BCUT2D eigenvalue weighted by atomic mass is 10.1. The summed E-state index contributed by atoms with van der Waals surface area (Å²) >= 11 is 0. The molecule has 0 saturated heterocycles. The molecule has 1 aliphatic carbocycles. The second-order valence-electron chi connectivity index (χ2n) is 7.26. The van der Waals surface area contributed by atoms with Gasteiger partial charge in [0.1, 0.15) is 5.82 Å². The SMILES string of the molecule is O=C(NCCc1ccc(F)cc1)c1cncc(C(=O)NC2CCCCCC2)c1. The normalized spacial score (nSPS) is 14.9. The smallest absolute Gasteiger partial charge is 0.253 e. The van der Waals surface area contributed by atoms with E-state index in [1.807, 2.05) is 0 Å². The number of benzene rings is 1. The standard InChI is InChI=1S/C22H26FN3O2/c23-19-9-7-16(8-10-19)11-12-25-21(27)17-13-18(15-24-14-17)22(28)26-20-5-3-1-2-4-6-20/h7-10,13-15,20H,1-6,11-12H2,(H,25,27)(H,26,28). The Hall–Kier alpha value is -2.76. The zero-order chi connectivity index (χ0) is 19.8. The molecule has 1 aromatic carbocycles. The molecule has 3 rings (SSSR count). The number of nitrogens with zero attached hydrogens (tertiary/aromatic N) is 1. The highest BCUT2D eigenvalue weighted by atomic mass is 19.1. The van der Waals surface area contributed by atoms with Crippen LogP contribution in [-0.2, 0) is 6.42 Å². The van der Waals surface area contributed by atoms with Gasteiger partial charge in [-0.15, -0.1) is 0 Å². The van der Waals surface area contributed by atoms with Crippen LogP contribution in [0.25, 0.3) is 0 Å². The van der Waals surface area contributed by atoms with Gasteiger partial charge in [0.2, 0.25) is 0 Å². The minimum Gasteiger partial charge on any atom is -0.352 e. The summed E-state index contributed by atoms with van der Waals surface area (Å²) in [5.41, 5.74) is 1.69. The summed E-state index contributed by atoms with van der Waals surface area (Å²) in [7, 11) is 0. The molecule has 0 aliphatic heterocycles. The number of pyridine rings is 1. The molecule has 0 bridgehead atoms. The molecule has 2 amide bonds. The molecule has 28 heavy (non-hydrogen) atoms. The van der Waals surface area contributed by atoms with E-state index in [1.54, 1.807) is 18.2 Å². The maximum atomic E-state index is 12.9. The van der Waals surface area contributed by atoms with Crippen molar-refractivity contribution >= 4 is 11.8 Å². The Morgan fingerprint density at radius 3 is 2.29 bits per heavy atom. The average molecular weight is 383 g/mol. The molecule has 2 aromatic rings. The summed E-state index contributed by atoms with van der Waals surface area (Å²) in [6.07, 6.45) is 10.3. The van der Waals surface area contributed by atoms with Crippen LogP contribution in [0.15, 0.2) is 42.7 Å². The number of amides is 2. The van der Waals surface area contributed by atoms with Crippen LogP contribution in [0.1, 0.15) is 64.8 Å². The second-order valence-corrected chi connectivity index (χ2v) is 7.26. The van der Waals surface area contributed by atoms with Crippen molar-refractivity contribution in [1.82, 2.24) is 15.6 Å². The van der Waals surface area contributed by atoms with Gasteiger partial charge < -0.3 is 10.6 Å². The van der Waals surface area contributed by atoms with E-state index in [4.69, 9.17) is 0 Å². The third-order valence-electron chi connectivity index (χ3n) is 5.07. The molecular weight excluding hydrogens is 357 g/mol. The number of hydrogen-bond donors (Lipinski definition) is 2. The van der Waals surface area contributed by atoms with Gasteiger partial charge in [-0.25, -0.2) is 4.39 Å². The highest BCUT2D eigenvalue weighted by Crippen LogP contribution is 2.17. The summed E-state index contributed by atoms with van der Waals surface area (Å²) in [5, 5.41) is 5.88. The van der Waals surface area contributed by atoms with Gasteiger partial charge in [0.15, 0.2) is 0 Å². The first-order chi connectivity index (χ1) is 13.6. The molecule has 148 valence electrons. The topological polar surface area (TPSA) is 71.1 Å². The number of carbonyl (C=O) groups is 2. The highest BCUT2D eigenvalue weighted by Gasteiger charge is 2.17. The predicted molar refractivity (Wildman–Crippen MR) is 106 cm³/mol. The van der Waals surface area contributed by atoms with Gasteiger partial charge in [0.25, 0.3) is 11.8 Å². The lowest BCUT2D eigenvalue weighted by Gasteiger charge is -2.16. The predicted octanol–water partition coefficient (Wildman–Crippen LogP) is 3.65. The van der Waals surface area contributed by atoms with Gasteiger partial charge in [-0.2, -0.15) is 0 Å². The van der Waals surface area contributed by atoms with Crippen LogP contribution in [0.5, 0.6) is 0 Å². The largest absolute Gasteiger partial charge is 0.352 e. The zero-order valence-corrected chi connectivity index (χ0v) is 15.9. The van der Waals surface area contributed by atoms with Gasteiger partial charge in [0, 0.05) is 25.0 Å². The lowest BCUT2D eigenvalue weighted by Crippen LogP contribution is -2.34. The molecule has 0 radical (unpaired) electrons. The average Bonchev–Trinajstić information content (AvgIpc) is 2.98. The minimum absolute atomic E-state index is 0.180. The Morgan fingerprint density at radius 2 is 1.61 bits per heavy atom. The van der Waals surface area contributed by atoms with Crippen molar-refractivity contribution in [2.24, 2.45) is 0 Å². The van der Waals surface area contributed by atoms with Crippen molar-refractivity contribution < 1.29 is 14.0 Å². The van der Waals surface area contributed by atoms with Gasteiger partial charge in [-0.05, 0) is 43.0 Å². The summed E-state index contributed by atoms with van der Waals surface area (Å²) in [4.78, 5) is 28.9. The summed E-state index contributed by atoms with van der Waals surface area (Å²) in [6.45, 7) is 0.420. The molecule has 1 heterocycles. The monoisotopic (exact) mass is 383 g/mol. The quantitative estimate of drug-likeness (QED) is 0.748. The van der Waals surface area contributed by atoms with Crippen LogP contribution in [0, 0.1) is 5.82 Å². The molecule has 2 N–H and O–H groups in total. The first-order valence-corrected chi connectivity index (χ1v) is 9.90. The van der Waals surface area contributed by atoms with E-state index in [9.17, 15) is 14.0 Å². The van der Waals surface area contributed by atoms with Gasteiger partial charge in [0.05, 0.1) is 11.1 Å². The minimum atomic E-state index is -0.280. The molecular formula is C22H26FN3O2. The number of nitrogens with one attached hydrogen (secondary N) is 2. The van der Waals surface area contributed by atoms with Crippen molar-refractivity contribution in [2.75, 3.05) is 6.54 Å². The Morgan fingerprint density at radius 1 is 0.964 bits per heavy atom. The Kier molecular flexibility index (Phi) is 7.12. The maximum absolute atomic E-state index is 12.9. The van der Waals surface area contributed by atoms with E-state index >= 15 is 0 Å². The highest BCUT2D eigenvalue weighted by molar-refractivity contribution is 5.99. The van der Waals surface area contributed by atoms with Gasteiger partial charge in [-0.1, -0.05) is 37.8 Å². The fourth-order valence-corrected chi connectivity index (χ4v) is 3.45. The maximum Gasteiger partial charge on any atom is 0.253 e. The van der Waals surface area contributed by atoms with Crippen molar-refractivity contribution in [2.45, 2.75) is 51.0 Å². The van der Waals surface area contributed by atoms with Crippen molar-refractivity contribution in [3.05, 3.63) is 65.2 Å². The Bertz CT molecular complexity index is 800. The molecule has 0 spiro atoms. The fraction of sp³-hybridized carbons (Fsp3) is 0.409. The molecule has 1 aliphatic rings. The van der Waals surface area contributed by atoms with Crippen LogP contribution in [0.3, 0.4) is 0 Å². The van der Waals surface area contributed by atoms with Crippen LogP contribution < -0.4 is 10.6 Å². The Labute approximate surface area is 164 Å². The number of aromatic nitrogens is 1. The molecule has 1 fully saturated rings. The number of rotatable bonds is 6. The van der Waals surface area contributed by atoms with Crippen molar-refractivity contribution in [1.29, 1.82) is 0 Å². The fourth-order valence-electron chi connectivity index (χ4n) is 3.45. The molecule has 5 nitrogen and oxygen atoms in total. The van der Waals surface area contributed by atoms with E-state index < -0.39 is 0 Å². The molecule has 1 saturated carbocycles. The van der Waals surface area contributed by atoms with E-state index in [1.165, 1.54) is 37.4 Å². The molecule has 0 atom stereocenters. The number of hydrogen-bond acceptors (Lipinski definition) is 3. The zero-order valence-electron chi connectivity index (χ0n) is 15.9. The molecule has 6 heteroatoms. The van der Waals surface area contributed by atoms with Gasteiger partial charge in [-0.3, -0.25) is 14.6 Å². The van der Waals surface area contributed by atoms with Crippen LogP contribution in [-0.4, -0.2) is 29.4 Å². The second kappa shape index (κ2) is 9.97. The van der Waals surface area contributed by atoms with Crippen LogP contribution in [0.2, 0.25) is 0 Å². The van der Waals surface area contributed by atoms with Crippen LogP contribution in [0.4, 0.5) is 4.39 Å². The first-order valence-electron chi connectivity index (χ1n) is 9.90. The van der Waals surface area contributed by atoms with Crippen molar-refractivity contribution in [3.8, 4) is 0 Å². The van der Waals surface area contributed by atoms with Gasteiger partial charge >= 0.3 is 0 Å². The third kappa shape index (κ3) is 5.87. The number of halogens is 1. The molecule has 1 aromatic heterocycles.